The second kappa shape index (κ2) is 9.60. The number of alkyl halides is 3. The first-order valence-electron chi connectivity index (χ1n) is 12.0. The summed E-state index contributed by atoms with van der Waals surface area (Å²) in [4.78, 5) is 29.7. The highest BCUT2D eigenvalue weighted by atomic mass is 32.1. The number of hydrogen-bond donors (Lipinski definition) is 1. The predicted octanol–water partition coefficient (Wildman–Crippen LogP) is 6.75. The second-order valence-electron chi connectivity index (χ2n) is 10.0. The van der Waals surface area contributed by atoms with E-state index in [1.54, 1.807) is 18.2 Å². The fourth-order valence-corrected chi connectivity index (χ4v) is 5.34. The number of amides is 2. The van der Waals surface area contributed by atoms with E-state index in [1.165, 1.54) is 45.5 Å². The van der Waals surface area contributed by atoms with E-state index in [1.807, 2.05) is 20.8 Å². The van der Waals surface area contributed by atoms with E-state index in [0.717, 1.165) is 22.0 Å². The number of thiazole rings is 1. The van der Waals surface area contributed by atoms with E-state index < -0.39 is 23.6 Å². The Morgan fingerprint density at radius 1 is 0.949 bits per heavy atom. The molecule has 202 valence electrons. The Hall–Kier alpha value is -4.06. The lowest BCUT2D eigenvalue weighted by Gasteiger charge is -2.20. The van der Waals surface area contributed by atoms with E-state index in [2.05, 4.69) is 9.97 Å². The van der Waals surface area contributed by atoms with Gasteiger partial charge in [-0.2, -0.15) is 13.2 Å². The van der Waals surface area contributed by atoms with Gasteiger partial charge in [-0.05, 0) is 48.0 Å². The maximum atomic E-state index is 15.1. The molecular weight excluding hydrogens is 532 g/mol. The van der Waals surface area contributed by atoms with Gasteiger partial charge in [-0.3, -0.25) is 9.80 Å². The van der Waals surface area contributed by atoms with Crippen molar-refractivity contribution >= 4 is 34.7 Å². The molecule has 1 aliphatic heterocycles. The molecule has 0 bridgehead atoms. The summed E-state index contributed by atoms with van der Waals surface area (Å²) in [6, 6.07) is 9.96. The van der Waals surface area contributed by atoms with Crippen molar-refractivity contribution in [2.24, 2.45) is 0 Å². The SMILES string of the molecule is CC(C)(C)c1nc(-c2ccnc(N)n2)c(-c2ccc(F)c(N3CCN(c4ccc(C(F)(F)F)cc4)C3=O)c2)s1. The minimum Gasteiger partial charge on any atom is -0.368 e. The molecule has 1 aliphatic rings. The highest BCUT2D eigenvalue weighted by Crippen LogP contribution is 2.42. The van der Waals surface area contributed by atoms with Crippen LogP contribution in [0.2, 0.25) is 0 Å². The van der Waals surface area contributed by atoms with Gasteiger partial charge in [-0.1, -0.05) is 26.8 Å². The number of carbonyl (C=O) groups is 1. The highest BCUT2D eigenvalue weighted by molar-refractivity contribution is 7.15. The first kappa shape index (κ1) is 26.5. The first-order chi connectivity index (χ1) is 18.3. The lowest BCUT2D eigenvalue weighted by Crippen LogP contribution is -2.32. The summed E-state index contributed by atoms with van der Waals surface area (Å²) >= 11 is 1.44. The van der Waals surface area contributed by atoms with Crippen LogP contribution in [0, 0.1) is 5.82 Å². The van der Waals surface area contributed by atoms with Crippen LogP contribution in [0.1, 0.15) is 31.3 Å². The largest absolute Gasteiger partial charge is 0.416 e. The summed E-state index contributed by atoms with van der Waals surface area (Å²) in [6.45, 7) is 6.44. The van der Waals surface area contributed by atoms with Crippen molar-refractivity contribution in [2.75, 3.05) is 28.6 Å². The molecular formula is C27H24F4N6OS. The van der Waals surface area contributed by atoms with Gasteiger partial charge in [0.05, 0.1) is 26.8 Å². The average molecular weight is 557 g/mol. The molecule has 2 aromatic heterocycles. The minimum atomic E-state index is -4.48. The molecule has 39 heavy (non-hydrogen) atoms. The fraction of sp³-hybridized carbons (Fsp3) is 0.259. The molecule has 5 rings (SSSR count). The zero-order valence-electron chi connectivity index (χ0n) is 21.3. The van der Waals surface area contributed by atoms with Crippen LogP contribution in [0.5, 0.6) is 0 Å². The molecule has 0 unspecified atom stereocenters. The lowest BCUT2D eigenvalue weighted by molar-refractivity contribution is -0.137. The normalized spacial score (nSPS) is 14.4. The van der Waals surface area contributed by atoms with Crippen LogP contribution in [0.3, 0.4) is 0 Å². The number of nitrogen functional groups attached to an aromatic ring is 1. The Bertz CT molecular complexity index is 1550. The number of nitrogens with two attached hydrogens (primary N) is 1. The molecule has 1 saturated heterocycles. The summed E-state index contributed by atoms with van der Waals surface area (Å²) in [7, 11) is 0. The third kappa shape index (κ3) is 5.16. The van der Waals surface area contributed by atoms with Crippen LogP contribution in [-0.2, 0) is 11.6 Å². The topological polar surface area (TPSA) is 88.2 Å². The van der Waals surface area contributed by atoms with Gasteiger partial charge >= 0.3 is 12.2 Å². The molecule has 0 aliphatic carbocycles. The summed E-state index contributed by atoms with van der Waals surface area (Å²) in [6.07, 6.45) is -2.95. The standard InChI is InChI=1S/C27H24F4N6OS/c1-26(2,3)23-35-21(19-10-11-33-24(32)34-19)22(39-23)15-4-9-18(28)20(14-15)37-13-12-36(25(37)38)17-7-5-16(6-8-17)27(29,30)31/h4-11,14H,12-13H2,1-3H3,(H2,32,33,34). The van der Waals surface area contributed by atoms with Gasteiger partial charge in [-0.15, -0.1) is 11.3 Å². The maximum absolute atomic E-state index is 15.1. The quantitative estimate of drug-likeness (QED) is 0.281. The number of urea groups is 1. The monoisotopic (exact) mass is 556 g/mol. The summed E-state index contributed by atoms with van der Waals surface area (Å²) in [5.41, 5.74) is 6.80. The summed E-state index contributed by atoms with van der Waals surface area (Å²) in [5.74, 6) is -0.510. The number of carbonyl (C=O) groups excluding carboxylic acids is 1. The average Bonchev–Trinajstić information content (AvgIpc) is 3.49. The Kier molecular flexibility index (Phi) is 6.53. The number of rotatable bonds is 4. The van der Waals surface area contributed by atoms with Crippen LogP contribution >= 0.6 is 11.3 Å². The predicted molar refractivity (Wildman–Crippen MR) is 143 cm³/mol. The third-order valence-corrected chi connectivity index (χ3v) is 7.73. The fourth-order valence-electron chi connectivity index (χ4n) is 4.21. The molecule has 0 atom stereocenters. The van der Waals surface area contributed by atoms with Gasteiger partial charge in [0.25, 0.3) is 0 Å². The van der Waals surface area contributed by atoms with E-state index in [-0.39, 0.29) is 30.1 Å². The van der Waals surface area contributed by atoms with Gasteiger partial charge in [0.15, 0.2) is 0 Å². The van der Waals surface area contributed by atoms with E-state index in [0.29, 0.717) is 22.6 Å². The Morgan fingerprint density at radius 2 is 1.64 bits per heavy atom. The van der Waals surface area contributed by atoms with Crippen LogP contribution in [-0.4, -0.2) is 34.1 Å². The molecule has 7 nitrogen and oxygen atoms in total. The van der Waals surface area contributed by atoms with Crippen molar-refractivity contribution in [2.45, 2.75) is 32.4 Å². The van der Waals surface area contributed by atoms with Gasteiger partial charge in [0.2, 0.25) is 5.95 Å². The van der Waals surface area contributed by atoms with Crippen molar-refractivity contribution in [1.82, 2.24) is 15.0 Å². The van der Waals surface area contributed by atoms with Crippen molar-refractivity contribution < 1.29 is 22.4 Å². The molecule has 2 amide bonds. The Balaban J connectivity index is 1.51. The number of nitrogens with zero attached hydrogens (tertiary/aromatic N) is 5. The molecule has 0 saturated carbocycles. The van der Waals surface area contributed by atoms with Crippen LogP contribution in [0.25, 0.3) is 21.8 Å². The van der Waals surface area contributed by atoms with Crippen molar-refractivity contribution in [3.05, 3.63) is 71.1 Å². The van der Waals surface area contributed by atoms with Crippen LogP contribution in [0.4, 0.5) is 39.7 Å². The van der Waals surface area contributed by atoms with Crippen LogP contribution < -0.4 is 15.5 Å². The van der Waals surface area contributed by atoms with Crippen molar-refractivity contribution in [1.29, 1.82) is 0 Å². The number of anilines is 3. The Labute approximate surface area is 225 Å². The molecule has 3 heterocycles. The van der Waals surface area contributed by atoms with Crippen molar-refractivity contribution in [3.63, 3.8) is 0 Å². The number of hydrogen-bond acceptors (Lipinski definition) is 6. The zero-order valence-corrected chi connectivity index (χ0v) is 22.1. The van der Waals surface area contributed by atoms with Crippen LogP contribution in [0.15, 0.2) is 54.7 Å². The van der Waals surface area contributed by atoms with Gasteiger partial charge in [0.1, 0.15) is 11.5 Å². The molecule has 0 radical (unpaired) electrons. The molecule has 2 N–H and O–H groups in total. The van der Waals surface area contributed by atoms with Gasteiger partial charge < -0.3 is 5.73 Å². The minimum absolute atomic E-state index is 0.0609. The van der Waals surface area contributed by atoms with E-state index in [9.17, 15) is 18.0 Å². The number of benzene rings is 2. The maximum Gasteiger partial charge on any atom is 0.416 e. The molecule has 1 fully saturated rings. The summed E-state index contributed by atoms with van der Waals surface area (Å²) in [5, 5.41) is 0.835. The molecule has 12 heteroatoms. The van der Waals surface area contributed by atoms with Gasteiger partial charge in [-0.25, -0.2) is 24.1 Å². The number of halogens is 4. The lowest BCUT2D eigenvalue weighted by atomic mass is 9.98. The Morgan fingerprint density at radius 3 is 2.28 bits per heavy atom. The number of aromatic nitrogens is 3. The summed E-state index contributed by atoms with van der Waals surface area (Å²) < 4.78 is 54.0. The third-order valence-electron chi connectivity index (χ3n) is 6.20. The highest BCUT2D eigenvalue weighted by Gasteiger charge is 2.34. The second-order valence-corrected chi connectivity index (χ2v) is 11.0. The first-order valence-corrected chi connectivity index (χ1v) is 12.8. The van der Waals surface area contributed by atoms with Crippen molar-refractivity contribution in [3.8, 4) is 21.8 Å². The zero-order chi connectivity index (χ0) is 28.1. The van der Waals surface area contributed by atoms with E-state index in [4.69, 9.17) is 10.7 Å². The molecule has 2 aromatic carbocycles. The van der Waals surface area contributed by atoms with Gasteiger partial charge in [0, 0.05) is 30.4 Å². The molecule has 0 spiro atoms. The molecule has 4 aromatic rings. The van der Waals surface area contributed by atoms with E-state index >= 15 is 4.39 Å². The smallest absolute Gasteiger partial charge is 0.368 e.